The van der Waals surface area contributed by atoms with E-state index in [-0.39, 0.29) is 24.6 Å². The van der Waals surface area contributed by atoms with Crippen LogP contribution in [0.25, 0.3) is 0 Å². The highest BCUT2D eigenvalue weighted by Gasteiger charge is 2.27. The number of aromatic nitrogens is 1. The van der Waals surface area contributed by atoms with E-state index in [0.29, 0.717) is 17.1 Å². The first kappa shape index (κ1) is 15.1. The fraction of sp³-hybridized carbons (Fsp3) is 0.294. The first-order valence-corrected chi connectivity index (χ1v) is 7.40. The van der Waals surface area contributed by atoms with Gasteiger partial charge in [-0.2, -0.15) is 0 Å². The highest BCUT2D eigenvalue weighted by atomic mass is 16.6. The van der Waals surface area contributed by atoms with Gasteiger partial charge in [0.25, 0.3) is 11.5 Å². The van der Waals surface area contributed by atoms with Crippen molar-refractivity contribution in [3.8, 4) is 11.5 Å². The molecule has 0 fully saturated rings. The molecule has 1 aliphatic heterocycles. The Morgan fingerprint density at radius 1 is 1.30 bits per heavy atom. The van der Waals surface area contributed by atoms with Gasteiger partial charge < -0.3 is 19.8 Å². The minimum absolute atomic E-state index is 0.145. The predicted octanol–water partition coefficient (Wildman–Crippen LogP) is 1.45. The lowest BCUT2D eigenvalue weighted by Gasteiger charge is -2.25. The number of rotatable bonds is 3. The van der Waals surface area contributed by atoms with Crippen molar-refractivity contribution in [1.29, 1.82) is 0 Å². The number of aromatic amines is 1. The number of hydrogen-bond donors (Lipinski definition) is 2. The minimum Gasteiger partial charge on any atom is -0.485 e. The molecule has 1 amide bonds. The number of carbonyl (C=O) groups excluding carboxylic acids is 1. The van der Waals surface area contributed by atoms with Crippen LogP contribution in [0.5, 0.6) is 11.5 Å². The van der Waals surface area contributed by atoms with Crippen molar-refractivity contribution in [1.82, 2.24) is 10.3 Å². The van der Waals surface area contributed by atoms with Gasteiger partial charge in [0, 0.05) is 17.8 Å². The van der Waals surface area contributed by atoms with Crippen LogP contribution < -0.4 is 20.3 Å². The van der Waals surface area contributed by atoms with Crippen LogP contribution in [0.2, 0.25) is 0 Å². The molecule has 2 N–H and O–H groups in total. The molecule has 1 atom stereocenters. The van der Waals surface area contributed by atoms with E-state index in [0.717, 1.165) is 11.3 Å². The maximum atomic E-state index is 12.2. The minimum atomic E-state index is -0.727. The molecule has 1 unspecified atom stereocenters. The van der Waals surface area contributed by atoms with E-state index in [4.69, 9.17) is 9.47 Å². The molecule has 3 rings (SSSR count). The Morgan fingerprint density at radius 2 is 2.04 bits per heavy atom. The fourth-order valence-electron chi connectivity index (χ4n) is 2.54. The number of ether oxygens (including phenoxy) is 2. The van der Waals surface area contributed by atoms with Crippen LogP contribution in [-0.4, -0.2) is 23.6 Å². The summed E-state index contributed by atoms with van der Waals surface area (Å²) in [6, 6.07) is 9.08. The quantitative estimate of drug-likeness (QED) is 0.898. The van der Waals surface area contributed by atoms with Crippen LogP contribution in [0, 0.1) is 13.8 Å². The number of fused-ring (bicyclic) bond motifs is 1. The number of para-hydroxylation sites is 2. The summed E-state index contributed by atoms with van der Waals surface area (Å²) in [6.45, 7) is 3.97. The van der Waals surface area contributed by atoms with Crippen LogP contribution in [0.1, 0.15) is 16.8 Å². The topological polar surface area (TPSA) is 80.4 Å². The normalized spacial score (nSPS) is 16.0. The molecule has 1 aromatic carbocycles. The molecule has 0 radical (unpaired) electrons. The van der Waals surface area contributed by atoms with Crippen molar-refractivity contribution < 1.29 is 14.3 Å². The summed E-state index contributed by atoms with van der Waals surface area (Å²) in [5.41, 5.74) is 2.00. The summed E-state index contributed by atoms with van der Waals surface area (Å²) < 4.78 is 11.2. The summed E-state index contributed by atoms with van der Waals surface area (Å²) in [5, 5.41) is 2.74. The second kappa shape index (κ2) is 6.16. The Hall–Kier alpha value is -2.76. The highest BCUT2D eigenvalue weighted by molar-refractivity contribution is 5.81. The molecule has 0 spiro atoms. The molecule has 120 valence electrons. The molecule has 23 heavy (non-hydrogen) atoms. The summed E-state index contributed by atoms with van der Waals surface area (Å²) in [5.74, 6) is 0.865. The van der Waals surface area contributed by atoms with Gasteiger partial charge in [0.2, 0.25) is 6.10 Å². The smallest absolute Gasteiger partial charge is 0.264 e. The van der Waals surface area contributed by atoms with Gasteiger partial charge in [0.05, 0.1) is 0 Å². The lowest BCUT2D eigenvalue weighted by atomic mass is 10.1. The third-order valence-corrected chi connectivity index (χ3v) is 3.73. The van der Waals surface area contributed by atoms with Gasteiger partial charge >= 0.3 is 0 Å². The van der Waals surface area contributed by atoms with Gasteiger partial charge in [-0.25, -0.2) is 0 Å². The summed E-state index contributed by atoms with van der Waals surface area (Å²) in [7, 11) is 0. The summed E-state index contributed by atoms with van der Waals surface area (Å²) in [6.07, 6.45) is -0.727. The number of pyridine rings is 1. The zero-order valence-corrected chi connectivity index (χ0v) is 13.0. The Bertz CT molecular complexity index is 797. The Morgan fingerprint density at radius 3 is 2.78 bits per heavy atom. The van der Waals surface area contributed by atoms with E-state index < -0.39 is 6.10 Å². The zero-order chi connectivity index (χ0) is 16.4. The maximum Gasteiger partial charge on any atom is 0.264 e. The lowest BCUT2D eigenvalue weighted by Crippen LogP contribution is -2.44. The van der Waals surface area contributed by atoms with Gasteiger partial charge in [0.1, 0.15) is 6.61 Å². The third kappa shape index (κ3) is 3.21. The molecule has 0 saturated carbocycles. The molecule has 6 heteroatoms. The van der Waals surface area contributed by atoms with E-state index in [2.05, 4.69) is 10.3 Å². The SMILES string of the molecule is Cc1cc(C)c(CNC(=O)C2COc3ccccc3O2)c(=O)[nH]1. The van der Waals surface area contributed by atoms with Crippen LogP contribution in [0.4, 0.5) is 0 Å². The van der Waals surface area contributed by atoms with Crippen molar-refractivity contribution in [2.75, 3.05) is 6.61 Å². The second-order valence-electron chi connectivity index (χ2n) is 5.53. The van der Waals surface area contributed by atoms with E-state index in [1.165, 1.54) is 0 Å². The first-order chi connectivity index (χ1) is 11.0. The van der Waals surface area contributed by atoms with E-state index >= 15 is 0 Å². The van der Waals surface area contributed by atoms with Gasteiger partial charge in [-0.15, -0.1) is 0 Å². The molecule has 0 bridgehead atoms. The van der Waals surface area contributed by atoms with Crippen LogP contribution in [-0.2, 0) is 11.3 Å². The Labute approximate surface area is 133 Å². The van der Waals surface area contributed by atoms with Gasteiger partial charge in [-0.05, 0) is 37.6 Å². The average Bonchev–Trinajstić information content (AvgIpc) is 2.53. The molecule has 0 saturated heterocycles. The van der Waals surface area contributed by atoms with E-state index in [1.54, 1.807) is 12.1 Å². The number of benzene rings is 1. The number of hydrogen-bond acceptors (Lipinski definition) is 4. The van der Waals surface area contributed by atoms with Crippen LogP contribution in [0.3, 0.4) is 0 Å². The first-order valence-electron chi connectivity index (χ1n) is 7.40. The largest absolute Gasteiger partial charge is 0.485 e. The van der Waals surface area contributed by atoms with E-state index in [1.807, 2.05) is 32.0 Å². The standard InChI is InChI=1S/C17H18N2O4/c1-10-7-11(2)19-16(20)12(10)8-18-17(21)15-9-22-13-5-3-4-6-14(13)23-15/h3-7,15H,8-9H2,1-2H3,(H,18,21)(H,19,20). The third-order valence-electron chi connectivity index (χ3n) is 3.73. The monoisotopic (exact) mass is 314 g/mol. The van der Waals surface area contributed by atoms with Crippen LogP contribution >= 0.6 is 0 Å². The van der Waals surface area contributed by atoms with Crippen molar-refractivity contribution >= 4 is 5.91 Å². The van der Waals surface area contributed by atoms with Crippen molar-refractivity contribution in [3.63, 3.8) is 0 Å². The number of aryl methyl sites for hydroxylation is 2. The summed E-state index contributed by atoms with van der Waals surface area (Å²) in [4.78, 5) is 26.9. The molecule has 6 nitrogen and oxygen atoms in total. The van der Waals surface area contributed by atoms with Crippen molar-refractivity contribution in [2.24, 2.45) is 0 Å². The molecule has 2 aromatic rings. The molecule has 2 heterocycles. The highest BCUT2D eigenvalue weighted by Crippen LogP contribution is 2.30. The average molecular weight is 314 g/mol. The van der Waals surface area contributed by atoms with Gasteiger partial charge in [-0.3, -0.25) is 9.59 Å². The fourth-order valence-corrected chi connectivity index (χ4v) is 2.54. The van der Waals surface area contributed by atoms with Crippen molar-refractivity contribution in [2.45, 2.75) is 26.5 Å². The predicted molar refractivity (Wildman–Crippen MR) is 84.7 cm³/mol. The molecule has 0 aliphatic carbocycles. The van der Waals surface area contributed by atoms with Crippen LogP contribution in [0.15, 0.2) is 35.1 Å². The van der Waals surface area contributed by atoms with Gasteiger partial charge in [-0.1, -0.05) is 12.1 Å². The Kier molecular flexibility index (Phi) is 4.06. The maximum absolute atomic E-state index is 12.2. The lowest BCUT2D eigenvalue weighted by molar-refractivity contribution is -0.130. The molecular formula is C17H18N2O4. The number of amides is 1. The molecular weight excluding hydrogens is 296 g/mol. The zero-order valence-electron chi connectivity index (χ0n) is 13.0. The summed E-state index contributed by atoms with van der Waals surface area (Å²) >= 11 is 0. The molecule has 1 aromatic heterocycles. The van der Waals surface area contributed by atoms with Gasteiger partial charge in [0.15, 0.2) is 11.5 Å². The second-order valence-corrected chi connectivity index (χ2v) is 5.53. The Balaban J connectivity index is 1.66. The molecule has 1 aliphatic rings. The van der Waals surface area contributed by atoms with E-state index in [9.17, 15) is 9.59 Å². The number of H-pyrrole nitrogens is 1. The van der Waals surface area contributed by atoms with Crippen molar-refractivity contribution in [3.05, 3.63) is 57.5 Å². The number of carbonyl (C=O) groups is 1. The number of nitrogens with one attached hydrogen (secondary N) is 2.